The number of aliphatic hydroxyl groups excluding tert-OH is 2. The molecule has 1 aliphatic rings. The van der Waals surface area contributed by atoms with Gasteiger partial charge < -0.3 is 35.3 Å². The Morgan fingerprint density at radius 2 is 1.65 bits per heavy atom. The number of benzene rings is 1. The number of ether oxygens (including phenoxy) is 2. The normalized spacial score (nSPS) is 21.5. The van der Waals surface area contributed by atoms with Crippen LogP contribution in [0.3, 0.4) is 0 Å². The van der Waals surface area contributed by atoms with Crippen LogP contribution in [0.2, 0.25) is 0 Å². The summed E-state index contributed by atoms with van der Waals surface area (Å²) >= 11 is 0. The number of phosphoric acid groups is 1. The Balaban J connectivity index is 1.50. The molecule has 0 bridgehead atoms. The van der Waals surface area contributed by atoms with Crippen molar-refractivity contribution in [3.63, 3.8) is 0 Å². The third kappa shape index (κ3) is 15.5. The van der Waals surface area contributed by atoms with Gasteiger partial charge in [-0.05, 0) is 42.3 Å². The summed E-state index contributed by atoms with van der Waals surface area (Å²) in [5.74, 6) is -0.610. The van der Waals surface area contributed by atoms with Gasteiger partial charge in [-0.2, -0.15) is 10.5 Å². The molecular formula is C39H58FN6O8P. The SMILES string of the molecule is CCCCCCCCCCCCCCCCC[C@H](COP(=O)(O)OC[C@@]1(C#N)O[C@@H](c2ccc(/C(N)=N\C=N)[nH]2)[C@H](O)[C@@H]1O)OCc1cc(F)cc(C#N)c1. The van der Waals surface area contributed by atoms with Gasteiger partial charge >= 0.3 is 7.82 Å². The summed E-state index contributed by atoms with van der Waals surface area (Å²) in [6.45, 7) is 0.845. The number of unbranched alkanes of at least 4 members (excludes halogenated alkanes) is 14. The Bertz CT molecular complexity index is 1630. The molecule has 0 amide bonds. The second kappa shape index (κ2) is 24.2. The predicted octanol–water partition coefficient (Wildman–Crippen LogP) is 7.37. The largest absolute Gasteiger partial charge is 0.472 e. The first-order chi connectivity index (χ1) is 26.5. The number of hydrogen-bond donors (Lipinski definition) is 6. The lowest BCUT2D eigenvalue weighted by molar-refractivity contribution is -0.0760. The molecule has 3 rings (SSSR count). The summed E-state index contributed by atoms with van der Waals surface area (Å²) in [7, 11) is -4.87. The van der Waals surface area contributed by atoms with Gasteiger partial charge in [-0.1, -0.05) is 103 Å². The fourth-order valence-electron chi connectivity index (χ4n) is 6.53. The highest BCUT2D eigenvalue weighted by Crippen LogP contribution is 2.47. The molecule has 6 atom stereocenters. The van der Waals surface area contributed by atoms with Crippen LogP contribution < -0.4 is 5.73 Å². The molecule has 1 unspecified atom stereocenters. The van der Waals surface area contributed by atoms with Crippen LogP contribution in [0.1, 0.15) is 138 Å². The Hall–Kier alpha value is -3.50. The highest BCUT2D eigenvalue weighted by atomic mass is 31.2. The van der Waals surface area contributed by atoms with E-state index < -0.39 is 50.3 Å². The molecule has 1 aliphatic heterocycles. The topological polar surface area (TPSA) is 240 Å². The van der Waals surface area contributed by atoms with Crippen molar-refractivity contribution in [3.8, 4) is 12.1 Å². The molecule has 2 heterocycles. The highest BCUT2D eigenvalue weighted by molar-refractivity contribution is 7.47. The van der Waals surface area contributed by atoms with E-state index in [-0.39, 0.29) is 30.3 Å². The van der Waals surface area contributed by atoms with Gasteiger partial charge in [-0.3, -0.25) is 14.5 Å². The van der Waals surface area contributed by atoms with Crippen LogP contribution in [0.4, 0.5) is 4.39 Å². The van der Waals surface area contributed by atoms with Crippen LogP contribution in [0.25, 0.3) is 0 Å². The van der Waals surface area contributed by atoms with Gasteiger partial charge in [-0.15, -0.1) is 0 Å². The summed E-state index contributed by atoms with van der Waals surface area (Å²) in [5, 5.41) is 47.8. The lowest BCUT2D eigenvalue weighted by Crippen LogP contribution is -2.45. The standard InChI is InChI=1S/C39H58FN6O8P/c1-2-3-4-5-6-7-8-9-10-11-12-13-14-15-16-17-32(51-24-30-20-29(23-41)21-31(40)22-30)25-52-55(49,50)53-27-39(26-42)37(48)35(47)36(54-39)33-18-19-34(46-33)38(44)45-28-43/h18-22,28,32,35-37,46-48H,2-17,24-25,27H2,1H3,(H,49,50)(H3,43,44,45)/t32-,35+,36+,37+,39-/m1/s1. The first-order valence-corrected chi connectivity index (χ1v) is 20.9. The second-order valence-corrected chi connectivity index (χ2v) is 15.6. The third-order valence-corrected chi connectivity index (χ3v) is 10.6. The number of nitriles is 2. The number of hydrogen-bond acceptors (Lipinski definition) is 10. The lowest BCUT2D eigenvalue weighted by atomic mass is 9.96. The van der Waals surface area contributed by atoms with E-state index in [1.54, 1.807) is 6.07 Å². The summed E-state index contributed by atoms with van der Waals surface area (Å²) in [5.41, 5.74) is 4.62. The molecule has 1 fully saturated rings. The van der Waals surface area contributed by atoms with E-state index >= 15 is 0 Å². The number of amidine groups is 1. The van der Waals surface area contributed by atoms with E-state index in [9.17, 15) is 34.6 Å². The van der Waals surface area contributed by atoms with Crippen molar-refractivity contribution in [2.24, 2.45) is 10.7 Å². The zero-order valence-electron chi connectivity index (χ0n) is 31.8. The van der Waals surface area contributed by atoms with Gasteiger partial charge in [0.1, 0.15) is 49.0 Å². The Morgan fingerprint density at radius 1 is 1.04 bits per heavy atom. The number of nitrogens with two attached hydrogens (primary N) is 1. The molecule has 55 heavy (non-hydrogen) atoms. The maximum atomic E-state index is 14.1. The Kier molecular flexibility index (Phi) is 20.2. The summed E-state index contributed by atoms with van der Waals surface area (Å²) < 4.78 is 49.2. The maximum Gasteiger partial charge on any atom is 0.472 e. The zero-order valence-corrected chi connectivity index (χ0v) is 32.7. The fraction of sp³-hybridized carbons (Fsp3) is 0.641. The van der Waals surface area contributed by atoms with E-state index in [0.29, 0.717) is 17.7 Å². The number of aromatic amines is 1. The smallest absolute Gasteiger partial charge is 0.387 e. The number of aliphatic imine (C=N–C) groups is 1. The number of aliphatic hydroxyl groups is 2. The van der Waals surface area contributed by atoms with Crippen molar-refractivity contribution < 1.29 is 42.6 Å². The third-order valence-electron chi connectivity index (χ3n) is 9.70. The van der Waals surface area contributed by atoms with Crippen molar-refractivity contribution >= 4 is 20.0 Å². The minimum absolute atomic E-state index is 0.0211. The number of nitrogens with one attached hydrogen (secondary N) is 2. The zero-order chi connectivity index (χ0) is 40.1. The van der Waals surface area contributed by atoms with E-state index in [0.717, 1.165) is 38.1 Å². The molecule has 7 N–H and O–H groups in total. The van der Waals surface area contributed by atoms with Crippen molar-refractivity contribution in [3.05, 3.63) is 58.7 Å². The average Bonchev–Trinajstić information content (AvgIpc) is 3.76. The predicted molar refractivity (Wildman–Crippen MR) is 205 cm³/mol. The number of phosphoric ester groups is 1. The molecule has 16 heteroatoms. The molecule has 0 radical (unpaired) electrons. The van der Waals surface area contributed by atoms with Crippen LogP contribution in [-0.2, 0) is 29.7 Å². The quantitative estimate of drug-likeness (QED) is 0.0215. The Labute approximate surface area is 324 Å². The van der Waals surface area contributed by atoms with E-state index in [1.807, 2.05) is 6.07 Å². The minimum Gasteiger partial charge on any atom is -0.387 e. The van der Waals surface area contributed by atoms with E-state index in [2.05, 4.69) is 16.9 Å². The molecule has 14 nitrogen and oxygen atoms in total. The molecule has 1 aromatic heterocycles. The average molecular weight is 789 g/mol. The van der Waals surface area contributed by atoms with Crippen LogP contribution in [0.15, 0.2) is 35.3 Å². The summed E-state index contributed by atoms with van der Waals surface area (Å²) in [6, 6.07) is 10.5. The summed E-state index contributed by atoms with van der Waals surface area (Å²) in [4.78, 5) is 17.1. The highest BCUT2D eigenvalue weighted by Gasteiger charge is 2.56. The monoisotopic (exact) mass is 788 g/mol. The fourth-order valence-corrected chi connectivity index (χ4v) is 7.31. The molecule has 1 saturated heterocycles. The molecule has 0 saturated carbocycles. The van der Waals surface area contributed by atoms with Crippen LogP contribution in [0, 0.1) is 33.9 Å². The lowest BCUT2D eigenvalue weighted by Gasteiger charge is -2.26. The molecule has 304 valence electrons. The van der Waals surface area contributed by atoms with Crippen molar-refractivity contribution in [2.75, 3.05) is 13.2 Å². The number of nitrogens with zero attached hydrogens (tertiary/aromatic N) is 3. The van der Waals surface area contributed by atoms with Crippen LogP contribution in [0.5, 0.6) is 0 Å². The molecular weight excluding hydrogens is 730 g/mol. The Morgan fingerprint density at radius 3 is 2.24 bits per heavy atom. The van der Waals surface area contributed by atoms with E-state index in [1.165, 1.54) is 94.9 Å². The van der Waals surface area contributed by atoms with Crippen LogP contribution >= 0.6 is 7.82 Å². The van der Waals surface area contributed by atoms with Crippen molar-refractivity contribution in [2.45, 2.75) is 146 Å². The molecule has 0 spiro atoms. The number of H-pyrrole nitrogens is 1. The van der Waals surface area contributed by atoms with Gasteiger partial charge in [0.25, 0.3) is 0 Å². The van der Waals surface area contributed by atoms with E-state index in [4.69, 9.17) is 29.7 Å². The first kappa shape index (κ1) is 45.9. The number of aromatic nitrogens is 1. The van der Waals surface area contributed by atoms with Gasteiger partial charge in [0.15, 0.2) is 0 Å². The second-order valence-electron chi connectivity index (χ2n) is 14.1. The summed E-state index contributed by atoms with van der Waals surface area (Å²) in [6.07, 6.45) is 13.8. The van der Waals surface area contributed by atoms with Crippen LogP contribution in [-0.4, -0.2) is 69.4 Å². The maximum absolute atomic E-state index is 14.1. The van der Waals surface area contributed by atoms with Gasteiger partial charge in [0.05, 0.1) is 36.6 Å². The minimum atomic E-state index is -4.87. The van der Waals surface area contributed by atoms with Gasteiger partial charge in [-0.25, -0.2) is 13.9 Å². The molecule has 2 aromatic rings. The molecule has 1 aromatic carbocycles. The number of rotatable bonds is 28. The first-order valence-electron chi connectivity index (χ1n) is 19.4. The van der Waals surface area contributed by atoms with Gasteiger partial charge in [0, 0.05) is 5.69 Å². The number of halogens is 1. The molecule has 0 aliphatic carbocycles. The van der Waals surface area contributed by atoms with Gasteiger partial charge in [0.2, 0.25) is 5.60 Å². The van der Waals surface area contributed by atoms with Crippen molar-refractivity contribution in [1.29, 1.82) is 15.9 Å². The van der Waals surface area contributed by atoms with Crippen molar-refractivity contribution in [1.82, 2.24) is 4.98 Å².